The minimum absolute atomic E-state index is 0.0806. The molecule has 4 rings (SSSR count). The summed E-state index contributed by atoms with van der Waals surface area (Å²) < 4.78 is 16.3. The molecule has 8 heteroatoms. The first-order chi connectivity index (χ1) is 13.1. The number of ether oxygens (including phenoxy) is 2. The van der Waals surface area contributed by atoms with Crippen LogP contribution in [-0.4, -0.2) is 49.6 Å². The number of hydrogen-bond acceptors (Lipinski definition) is 6. The van der Waals surface area contributed by atoms with Crippen LogP contribution in [0.2, 0.25) is 0 Å². The fourth-order valence-corrected chi connectivity index (χ4v) is 3.03. The van der Waals surface area contributed by atoms with Crippen molar-refractivity contribution in [3.8, 4) is 5.75 Å². The molecule has 0 atom stereocenters. The lowest BCUT2D eigenvalue weighted by molar-refractivity contribution is -0.135. The van der Waals surface area contributed by atoms with E-state index in [0.29, 0.717) is 49.2 Å². The second-order valence-electron chi connectivity index (χ2n) is 6.24. The average Bonchev–Trinajstić information content (AvgIpc) is 3.19. The van der Waals surface area contributed by atoms with Gasteiger partial charge in [-0.05, 0) is 30.3 Å². The van der Waals surface area contributed by atoms with Gasteiger partial charge in [-0.25, -0.2) is 0 Å². The van der Waals surface area contributed by atoms with Crippen LogP contribution in [0.5, 0.6) is 5.75 Å². The van der Waals surface area contributed by atoms with Crippen molar-refractivity contribution in [1.82, 2.24) is 4.90 Å². The minimum atomic E-state index is -0.425. The van der Waals surface area contributed by atoms with Crippen LogP contribution in [0.4, 0.5) is 11.4 Å². The van der Waals surface area contributed by atoms with Crippen molar-refractivity contribution in [2.45, 2.75) is 0 Å². The summed E-state index contributed by atoms with van der Waals surface area (Å²) in [5.74, 6) is 0.440. The van der Waals surface area contributed by atoms with Crippen molar-refractivity contribution in [1.29, 1.82) is 0 Å². The molecule has 0 radical (unpaired) electrons. The summed E-state index contributed by atoms with van der Waals surface area (Å²) in [6.07, 6.45) is 3.02. The van der Waals surface area contributed by atoms with Gasteiger partial charge in [0.25, 0.3) is 5.91 Å². The second kappa shape index (κ2) is 7.16. The van der Waals surface area contributed by atoms with Crippen LogP contribution >= 0.6 is 0 Å². The topological polar surface area (TPSA) is 98.2 Å². The Morgan fingerprint density at radius 3 is 2.78 bits per heavy atom. The molecule has 0 bridgehead atoms. The van der Waals surface area contributed by atoms with Gasteiger partial charge in [-0.1, -0.05) is 0 Å². The van der Waals surface area contributed by atoms with Crippen molar-refractivity contribution in [3.63, 3.8) is 0 Å². The van der Waals surface area contributed by atoms with Crippen LogP contribution in [0.3, 0.4) is 0 Å². The first kappa shape index (κ1) is 17.2. The molecule has 1 fully saturated rings. The molecule has 0 spiro atoms. The molecule has 3 heterocycles. The molecule has 2 aromatic rings. The van der Waals surface area contributed by atoms with Gasteiger partial charge in [-0.15, -0.1) is 0 Å². The molecular weight excluding hydrogens is 350 g/mol. The minimum Gasteiger partial charge on any atom is -0.465 e. The highest BCUT2D eigenvalue weighted by molar-refractivity contribution is 6.12. The number of anilines is 2. The summed E-state index contributed by atoms with van der Waals surface area (Å²) >= 11 is 0. The third-order valence-corrected chi connectivity index (χ3v) is 4.42. The van der Waals surface area contributed by atoms with Gasteiger partial charge < -0.3 is 24.5 Å². The van der Waals surface area contributed by atoms with Crippen molar-refractivity contribution >= 4 is 29.3 Å². The van der Waals surface area contributed by atoms with Crippen LogP contribution < -0.4 is 15.4 Å². The van der Waals surface area contributed by atoms with Crippen molar-refractivity contribution in [2.24, 2.45) is 0 Å². The van der Waals surface area contributed by atoms with Gasteiger partial charge in [-0.2, -0.15) is 0 Å². The summed E-state index contributed by atoms with van der Waals surface area (Å²) in [4.78, 5) is 28.8. The zero-order chi connectivity index (χ0) is 18.8. The van der Waals surface area contributed by atoms with Crippen LogP contribution in [0.1, 0.15) is 5.76 Å². The van der Waals surface area contributed by atoms with Gasteiger partial charge >= 0.3 is 0 Å². The largest absolute Gasteiger partial charge is 0.465 e. The molecule has 0 aliphatic carbocycles. The van der Waals surface area contributed by atoms with Crippen LogP contribution in [0, 0.1) is 0 Å². The summed E-state index contributed by atoms with van der Waals surface area (Å²) in [6.45, 7) is 1.91. The summed E-state index contributed by atoms with van der Waals surface area (Å²) in [7, 11) is 0. The smallest absolute Gasteiger partial charge is 0.294 e. The third-order valence-electron chi connectivity index (χ3n) is 4.42. The maximum atomic E-state index is 13.0. The number of benzene rings is 1. The zero-order valence-electron chi connectivity index (χ0n) is 14.6. The number of carbonyl (C=O) groups excluding carboxylic acids is 2. The Balaban J connectivity index is 1.66. The van der Waals surface area contributed by atoms with E-state index < -0.39 is 5.91 Å². The molecule has 27 heavy (non-hydrogen) atoms. The lowest BCUT2D eigenvalue weighted by Crippen LogP contribution is -2.48. The highest BCUT2D eigenvalue weighted by Crippen LogP contribution is 2.37. The van der Waals surface area contributed by atoms with E-state index in [4.69, 9.17) is 19.6 Å². The molecule has 1 aromatic carbocycles. The zero-order valence-corrected chi connectivity index (χ0v) is 14.6. The Hall–Kier alpha value is -3.26. The average molecular weight is 369 g/mol. The summed E-state index contributed by atoms with van der Waals surface area (Å²) in [5.41, 5.74) is 6.82. The summed E-state index contributed by atoms with van der Waals surface area (Å²) in [5, 5.41) is 0. The molecule has 2 amide bonds. The molecule has 1 saturated heterocycles. The molecule has 2 N–H and O–H groups in total. The Bertz CT molecular complexity index is 885. The third kappa shape index (κ3) is 3.52. The fraction of sp³-hybridized carbons (Fsp3) is 0.263. The van der Waals surface area contributed by atoms with E-state index in [2.05, 4.69) is 0 Å². The quantitative estimate of drug-likeness (QED) is 0.650. The number of nitrogens with zero attached hydrogens (tertiary/aromatic N) is 2. The van der Waals surface area contributed by atoms with Crippen LogP contribution in [0.25, 0.3) is 6.08 Å². The fourth-order valence-electron chi connectivity index (χ4n) is 3.03. The van der Waals surface area contributed by atoms with Gasteiger partial charge in [0.05, 0.1) is 25.2 Å². The highest BCUT2D eigenvalue weighted by Gasteiger charge is 2.33. The van der Waals surface area contributed by atoms with Gasteiger partial charge in [0.1, 0.15) is 12.3 Å². The lowest BCUT2D eigenvalue weighted by Gasteiger charge is -2.33. The summed E-state index contributed by atoms with van der Waals surface area (Å²) in [6, 6.07) is 8.42. The van der Waals surface area contributed by atoms with Crippen molar-refractivity contribution < 1.29 is 23.5 Å². The molecular formula is C19H19N3O5. The molecule has 2 aliphatic heterocycles. The molecule has 8 nitrogen and oxygen atoms in total. The molecule has 140 valence electrons. The van der Waals surface area contributed by atoms with E-state index in [1.807, 2.05) is 0 Å². The first-order valence-corrected chi connectivity index (χ1v) is 8.62. The standard InChI is InChI=1S/C19H19N3O5/c20-13-3-4-16-15(10-13)22(12-18(23)21-5-8-25-9-6-21)19(24)17(27-16)11-14-2-1-7-26-14/h1-4,7,10-11H,5-6,8-9,12,20H2/b17-11+. The number of hydrogen-bond donors (Lipinski definition) is 1. The predicted octanol–water partition coefficient (Wildman–Crippen LogP) is 1.49. The van der Waals surface area contributed by atoms with E-state index in [9.17, 15) is 9.59 Å². The number of nitrogens with two attached hydrogens (primary N) is 1. The van der Waals surface area contributed by atoms with Crippen LogP contribution in [0.15, 0.2) is 46.8 Å². The van der Waals surface area contributed by atoms with Gasteiger partial charge in [-0.3, -0.25) is 14.5 Å². The van der Waals surface area contributed by atoms with E-state index in [0.717, 1.165) is 0 Å². The SMILES string of the molecule is Nc1ccc2c(c1)N(CC(=O)N1CCOCC1)C(=O)/C(=C\c1ccco1)O2. The van der Waals surface area contributed by atoms with Gasteiger partial charge in [0.15, 0.2) is 11.5 Å². The number of fused-ring (bicyclic) bond motifs is 1. The van der Waals surface area contributed by atoms with E-state index >= 15 is 0 Å². The second-order valence-corrected chi connectivity index (χ2v) is 6.24. The monoisotopic (exact) mass is 369 g/mol. The molecule has 0 saturated carbocycles. The maximum absolute atomic E-state index is 13.0. The van der Waals surface area contributed by atoms with E-state index in [1.165, 1.54) is 17.2 Å². The normalized spacial score (nSPS) is 18.4. The van der Waals surface area contributed by atoms with Gasteiger partial charge in [0, 0.05) is 24.9 Å². The Morgan fingerprint density at radius 1 is 1.22 bits per heavy atom. The van der Waals surface area contributed by atoms with Crippen molar-refractivity contribution in [3.05, 3.63) is 48.1 Å². The molecule has 1 aromatic heterocycles. The van der Waals surface area contributed by atoms with E-state index in [1.54, 1.807) is 35.2 Å². The Kier molecular flexibility index (Phi) is 4.55. The van der Waals surface area contributed by atoms with Gasteiger partial charge in [0.2, 0.25) is 5.91 Å². The van der Waals surface area contributed by atoms with E-state index in [-0.39, 0.29) is 18.2 Å². The number of morpholine rings is 1. The first-order valence-electron chi connectivity index (χ1n) is 8.62. The highest BCUT2D eigenvalue weighted by atomic mass is 16.5. The Labute approximate surface area is 155 Å². The lowest BCUT2D eigenvalue weighted by atomic mass is 10.1. The maximum Gasteiger partial charge on any atom is 0.294 e. The number of furan rings is 1. The molecule has 2 aliphatic rings. The number of nitrogen functional groups attached to an aromatic ring is 1. The van der Waals surface area contributed by atoms with Crippen molar-refractivity contribution in [2.75, 3.05) is 43.5 Å². The molecule has 0 unspecified atom stereocenters. The number of rotatable bonds is 3. The predicted molar refractivity (Wildman–Crippen MR) is 97.9 cm³/mol. The van der Waals surface area contributed by atoms with Crippen LogP contribution in [-0.2, 0) is 14.3 Å². The number of carbonyl (C=O) groups is 2. The number of amides is 2. The Morgan fingerprint density at radius 2 is 2.04 bits per heavy atom.